The van der Waals surface area contributed by atoms with Gasteiger partial charge in [-0.3, -0.25) is 4.79 Å². The lowest BCUT2D eigenvalue weighted by Crippen LogP contribution is -2.43. The molecular weight excluding hydrogens is 286 g/mol. The van der Waals surface area contributed by atoms with Crippen LogP contribution in [0.5, 0.6) is 0 Å². The van der Waals surface area contributed by atoms with E-state index in [2.05, 4.69) is 13.0 Å². The summed E-state index contributed by atoms with van der Waals surface area (Å²) >= 11 is 0. The monoisotopic (exact) mass is 309 g/mol. The minimum atomic E-state index is -3.00. The molecule has 0 N–H and O–H groups in total. The molecule has 0 aromatic heterocycles. The van der Waals surface area contributed by atoms with Crippen molar-refractivity contribution in [2.24, 2.45) is 0 Å². The minimum absolute atomic E-state index is 0.0395. The van der Waals surface area contributed by atoms with Gasteiger partial charge in [-0.2, -0.15) is 0 Å². The van der Waals surface area contributed by atoms with E-state index < -0.39 is 9.84 Å². The van der Waals surface area contributed by atoms with Gasteiger partial charge in [-0.05, 0) is 37.3 Å². The lowest BCUT2D eigenvalue weighted by molar-refractivity contribution is -0.119. The number of fused-ring (bicyclic) bond motifs is 1. The van der Waals surface area contributed by atoms with E-state index in [1.165, 1.54) is 11.8 Å². The van der Waals surface area contributed by atoms with E-state index in [0.29, 0.717) is 6.42 Å². The number of amides is 1. The van der Waals surface area contributed by atoms with Gasteiger partial charge in [0.05, 0.1) is 5.75 Å². The molecule has 1 aromatic rings. The molecule has 0 unspecified atom stereocenters. The van der Waals surface area contributed by atoms with Crippen LogP contribution in [0.1, 0.15) is 38.2 Å². The van der Waals surface area contributed by atoms with E-state index in [4.69, 9.17) is 0 Å². The van der Waals surface area contributed by atoms with Crippen LogP contribution in [0.15, 0.2) is 24.3 Å². The van der Waals surface area contributed by atoms with Crippen molar-refractivity contribution in [2.75, 3.05) is 16.9 Å². The summed E-state index contributed by atoms with van der Waals surface area (Å²) in [5.41, 5.74) is 2.21. The molecular formula is C16H23NO3S. The predicted octanol–water partition coefficient (Wildman–Crippen LogP) is 2.57. The van der Waals surface area contributed by atoms with Crippen molar-refractivity contribution >= 4 is 21.4 Å². The molecule has 5 heteroatoms. The summed E-state index contributed by atoms with van der Waals surface area (Å²) in [6.07, 6.45) is 4.80. The zero-order valence-electron chi connectivity index (χ0n) is 12.7. The fraction of sp³-hybridized carbons (Fsp3) is 0.562. The molecule has 0 fully saturated rings. The van der Waals surface area contributed by atoms with E-state index in [9.17, 15) is 13.2 Å². The maximum atomic E-state index is 12.5. The molecule has 116 valence electrons. The van der Waals surface area contributed by atoms with Crippen LogP contribution in [0, 0.1) is 0 Å². The fourth-order valence-corrected chi connectivity index (χ4v) is 3.60. The lowest BCUT2D eigenvalue weighted by atomic mass is 9.94. The van der Waals surface area contributed by atoms with Gasteiger partial charge in [-0.15, -0.1) is 0 Å². The van der Waals surface area contributed by atoms with Crippen LogP contribution in [0.25, 0.3) is 0 Å². The summed E-state index contributed by atoms with van der Waals surface area (Å²) in [4.78, 5) is 14.4. The molecule has 21 heavy (non-hydrogen) atoms. The Balaban J connectivity index is 2.13. The van der Waals surface area contributed by atoms with Crippen molar-refractivity contribution < 1.29 is 13.2 Å². The second kappa shape index (κ2) is 6.60. The zero-order chi connectivity index (χ0) is 15.5. The highest BCUT2D eigenvalue weighted by molar-refractivity contribution is 7.90. The molecule has 1 aliphatic heterocycles. The van der Waals surface area contributed by atoms with Crippen molar-refractivity contribution in [1.29, 1.82) is 0 Å². The number of carbonyl (C=O) groups excluding carboxylic acids is 1. The van der Waals surface area contributed by atoms with Gasteiger partial charge in [0.25, 0.3) is 0 Å². The number of para-hydroxylation sites is 1. The molecule has 1 amide bonds. The van der Waals surface area contributed by atoms with Crippen LogP contribution in [0.4, 0.5) is 5.69 Å². The Morgan fingerprint density at radius 2 is 2.05 bits per heavy atom. The van der Waals surface area contributed by atoms with E-state index in [0.717, 1.165) is 24.9 Å². The first-order valence-electron chi connectivity index (χ1n) is 7.50. The second-order valence-corrected chi connectivity index (χ2v) is 7.99. The third-order valence-corrected chi connectivity index (χ3v) is 5.04. The summed E-state index contributed by atoms with van der Waals surface area (Å²) in [6.45, 7) is 2.09. The van der Waals surface area contributed by atoms with Gasteiger partial charge in [0.2, 0.25) is 5.91 Å². The number of aryl methyl sites for hydroxylation is 1. The van der Waals surface area contributed by atoms with Crippen molar-refractivity contribution in [3.8, 4) is 0 Å². The van der Waals surface area contributed by atoms with E-state index in [1.807, 2.05) is 23.1 Å². The highest BCUT2D eigenvalue weighted by Crippen LogP contribution is 2.32. The lowest BCUT2D eigenvalue weighted by Gasteiger charge is -2.37. The summed E-state index contributed by atoms with van der Waals surface area (Å²) in [5, 5.41) is 0. The van der Waals surface area contributed by atoms with E-state index >= 15 is 0 Å². The summed E-state index contributed by atoms with van der Waals surface area (Å²) in [7, 11) is -3.00. The molecule has 0 saturated heterocycles. The molecule has 2 rings (SSSR count). The predicted molar refractivity (Wildman–Crippen MR) is 85.3 cm³/mol. The van der Waals surface area contributed by atoms with Crippen molar-refractivity contribution in [3.63, 3.8) is 0 Å². The van der Waals surface area contributed by atoms with Crippen molar-refractivity contribution in [3.05, 3.63) is 29.8 Å². The Bertz CT molecular complexity index is 610. The molecule has 0 bridgehead atoms. The van der Waals surface area contributed by atoms with Crippen LogP contribution in [0.2, 0.25) is 0 Å². The summed E-state index contributed by atoms with van der Waals surface area (Å²) < 4.78 is 22.4. The van der Waals surface area contributed by atoms with Gasteiger partial charge in [0.1, 0.15) is 9.84 Å². The average Bonchev–Trinajstić information content (AvgIpc) is 2.44. The average molecular weight is 309 g/mol. The molecule has 0 saturated carbocycles. The van der Waals surface area contributed by atoms with Gasteiger partial charge in [-0.25, -0.2) is 8.42 Å². The molecule has 0 radical (unpaired) electrons. The highest BCUT2D eigenvalue weighted by atomic mass is 32.2. The Hall–Kier alpha value is -1.36. The smallest absolute Gasteiger partial charge is 0.227 e. The van der Waals surface area contributed by atoms with Crippen LogP contribution in [-0.2, 0) is 21.1 Å². The molecule has 4 nitrogen and oxygen atoms in total. The Kier molecular flexibility index (Phi) is 5.04. The zero-order valence-corrected chi connectivity index (χ0v) is 13.5. The number of hydrogen-bond donors (Lipinski definition) is 0. The number of anilines is 1. The first kappa shape index (κ1) is 16.0. The standard InChI is InChI=1S/C16H23NO3S/c1-3-14-11-10-13-7-4-5-8-15(13)17(14)16(18)9-6-12-21(2,19)20/h4-5,7-8,14H,3,6,9-12H2,1-2H3/t14-/m1/s1. The largest absolute Gasteiger partial charge is 0.309 e. The molecule has 1 atom stereocenters. The highest BCUT2D eigenvalue weighted by Gasteiger charge is 2.29. The number of sulfone groups is 1. The van der Waals surface area contributed by atoms with Gasteiger partial charge < -0.3 is 4.90 Å². The van der Waals surface area contributed by atoms with Crippen molar-refractivity contribution in [2.45, 2.75) is 45.1 Å². The fourth-order valence-electron chi connectivity index (χ4n) is 2.94. The normalized spacial score (nSPS) is 18.4. The quantitative estimate of drug-likeness (QED) is 0.840. The summed E-state index contributed by atoms with van der Waals surface area (Å²) in [6, 6.07) is 8.24. The van der Waals surface area contributed by atoms with Crippen LogP contribution < -0.4 is 4.90 Å². The number of carbonyl (C=O) groups is 1. The van der Waals surface area contributed by atoms with Crippen LogP contribution in [-0.4, -0.2) is 32.4 Å². The molecule has 0 aliphatic carbocycles. The maximum Gasteiger partial charge on any atom is 0.227 e. The Morgan fingerprint density at radius 3 is 2.71 bits per heavy atom. The summed E-state index contributed by atoms with van der Waals surface area (Å²) in [5.74, 6) is 0.114. The molecule has 1 heterocycles. The number of rotatable bonds is 5. The number of hydrogen-bond acceptors (Lipinski definition) is 3. The first-order chi connectivity index (χ1) is 9.92. The van der Waals surface area contributed by atoms with Crippen LogP contribution >= 0.6 is 0 Å². The van der Waals surface area contributed by atoms with Gasteiger partial charge in [0.15, 0.2) is 0 Å². The Morgan fingerprint density at radius 1 is 1.33 bits per heavy atom. The number of benzene rings is 1. The molecule has 1 aromatic carbocycles. The SMILES string of the molecule is CC[C@@H]1CCc2ccccc2N1C(=O)CCCS(C)(=O)=O. The third-order valence-electron chi connectivity index (χ3n) is 4.01. The van der Waals surface area contributed by atoms with Crippen LogP contribution in [0.3, 0.4) is 0 Å². The first-order valence-corrected chi connectivity index (χ1v) is 9.56. The third kappa shape index (κ3) is 4.06. The Labute approximate surface area is 127 Å². The van der Waals surface area contributed by atoms with Gasteiger partial charge in [0, 0.05) is 24.4 Å². The number of nitrogens with zero attached hydrogens (tertiary/aromatic N) is 1. The van der Waals surface area contributed by atoms with E-state index in [1.54, 1.807) is 0 Å². The minimum Gasteiger partial charge on any atom is -0.309 e. The second-order valence-electron chi connectivity index (χ2n) is 5.73. The van der Waals surface area contributed by atoms with Gasteiger partial charge in [-0.1, -0.05) is 25.1 Å². The van der Waals surface area contributed by atoms with Crippen molar-refractivity contribution in [1.82, 2.24) is 0 Å². The maximum absolute atomic E-state index is 12.5. The van der Waals surface area contributed by atoms with Gasteiger partial charge >= 0.3 is 0 Å². The topological polar surface area (TPSA) is 54.5 Å². The molecule has 1 aliphatic rings. The molecule has 0 spiro atoms. The van der Waals surface area contributed by atoms with E-state index in [-0.39, 0.29) is 24.1 Å².